The second-order valence-corrected chi connectivity index (χ2v) is 9.15. The Morgan fingerprint density at radius 1 is 1.17 bits per heavy atom. The van der Waals surface area contributed by atoms with Crippen molar-refractivity contribution < 1.29 is 14.0 Å². The zero-order chi connectivity index (χ0) is 25.1. The van der Waals surface area contributed by atoms with Crippen LogP contribution in [0.25, 0.3) is 10.9 Å². The number of benzene rings is 1. The number of hydrogen-bond donors (Lipinski definition) is 2. The third kappa shape index (κ3) is 4.97. The number of fused-ring (bicyclic) bond motifs is 1. The number of carbonyl (C=O) groups excluding carboxylic acids is 2. The Hall–Kier alpha value is -4.10. The summed E-state index contributed by atoms with van der Waals surface area (Å²) in [7, 11) is 0. The summed E-state index contributed by atoms with van der Waals surface area (Å²) in [4.78, 5) is 37.5. The monoisotopic (exact) mass is 487 g/mol. The molecule has 2 aromatic heterocycles. The number of nitrogens with zero attached hydrogens (tertiary/aromatic N) is 5. The third-order valence-electron chi connectivity index (χ3n) is 6.64. The van der Waals surface area contributed by atoms with Gasteiger partial charge in [-0.2, -0.15) is 5.26 Å². The maximum atomic E-state index is 13.7. The van der Waals surface area contributed by atoms with Gasteiger partial charge in [0.2, 0.25) is 5.91 Å². The largest absolute Gasteiger partial charge is 0.380 e. The molecule has 2 aliphatic rings. The molecule has 0 bridgehead atoms. The van der Waals surface area contributed by atoms with Gasteiger partial charge in [0.1, 0.15) is 12.2 Å². The van der Waals surface area contributed by atoms with Gasteiger partial charge in [-0.3, -0.25) is 24.5 Å². The molecule has 0 radical (unpaired) electrons. The highest BCUT2D eigenvalue weighted by Crippen LogP contribution is 2.28. The van der Waals surface area contributed by atoms with Crippen molar-refractivity contribution in [2.75, 3.05) is 36.8 Å². The van der Waals surface area contributed by atoms with Crippen molar-refractivity contribution in [1.29, 1.82) is 5.26 Å². The summed E-state index contributed by atoms with van der Waals surface area (Å²) in [5.41, 5.74) is 2.51. The molecule has 2 aliphatic heterocycles. The molecule has 0 aliphatic carbocycles. The summed E-state index contributed by atoms with van der Waals surface area (Å²) < 4.78 is 13.7. The van der Waals surface area contributed by atoms with E-state index in [-0.39, 0.29) is 37.4 Å². The lowest BCUT2D eigenvalue weighted by molar-refractivity contribution is -0.132. The number of likely N-dealkylation sites (tertiary alicyclic amines) is 2. The summed E-state index contributed by atoms with van der Waals surface area (Å²) in [5, 5.41) is 16.4. The van der Waals surface area contributed by atoms with Gasteiger partial charge in [0.15, 0.2) is 0 Å². The predicted molar refractivity (Wildman–Crippen MR) is 133 cm³/mol. The minimum atomic E-state index is -1.14. The molecule has 1 aromatic carbocycles. The first kappa shape index (κ1) is 23.6. The number of hydrogen-bond acceptors (Lipinski definition) is 7. The molecule has 2 saturated heterocycles. The molecule has 36 heavy (non-hydrogen) atoms. The highest BCUT2D eigenvalue weighted by molar-refractivity contribution is 6.13. The van der Waals surface area contributed by atoms with E-state index in [4.69, 9.17) is 0 Å². The number of nitrogens with one attached hydrogen (secondary N) is 2. The van der Waals surface area contributed by atoms with Crippen molar-refractivity contribution in [2.24, 2.45) is 0 Å². The van der Waals surface area contributed by atoms with Crippen LogP contribution >= 0.6 is 0 Å². The van der Waals surface area contributed by atoms with E-state index in [1.807, 2.05) is 29.2 Å². The van der Waals surface area contributed by atoms with Crippen molar-refractivity contribution in [3.63, 3.8) is 0 Å². The first-order valence-electron chi connectivity index (χ1n) is 11.9. The predicted octanol–water partition coefficient (Wildman–Crippen LogP) is 2.83. The van der Waals surface area contributed by atoms with Crippen LogP contribution in [-0.4, -0.2) is 76.0 Å². The highest BCUT2D eigenvalue weighted by atomic mass is 19.1. The van der Waals surface area contributed by atoms with E-state index in [0.29, 0.717) is 23.3 Å². The van der Waals surface area contributed by atoms with Crippen LogP contribution in [0.3, 0.4) is 0 Å². The van der Waals surface area contributed by atoms with Crippen LogP contribution in [0.4, 0.5) is 15.8 Å². The van der Waals surface area contributed by atoms with E-state index in [1.54, 1.807) is 36.8 Å². The molecule has 10 heteroatoms. The molecular formula is C26H26FN7O2. The molecule has 4 heterocycles. The number of amides is 2. The van der Waals surface area contributed by atoms with Crippen molar-refractivity contribution in [3.8, 4) is 6.07 Å². The van der Waals surface area contributed by atoms with Crippen molar-refractivity contribution in [3.05, 3.63) is 60.6 Å². The van der Waals surface area contributed by atoms with Crippen molar-refractivity contribution >= 4 is 34.1 Å². The maximum Gasteiger partial charge on any atom is 0.257 e. The minimum Gasteiger partial charge on any atom is -0.380 e. The molecule has 184 valence electrons. The number of halogens is 1. The number of aromatic nitrogens is 2. The van der Waals surface area contributed by atoms with Crippen LogP contribution in [0.15, 0.2) is 55.0 Å². The Bertz CT molecular complexity index is 1310. The Labute approximate surface area is 207 Å². The van der Waals surface area contributed by atoms with Crippen LogP contribution in [0, 0.1) is 11.3 Å². The van der Waals surface area contributed by atoms with Crippen LogP contribution in [0.5, 0.6) is 0 Å². The molecule has 2 fully saturated rings. The van der Waals surface area contributed by atoms with Crippen LogP contribution in [-0.2, 0) is 4.79 Å². The summed E-state index contributed by atoms with van der Waals surface area (Å²) >= 11 is 0. The summed E-state index contributed by atoms with van der Waals surface area (Å²) in [5.74, 6) is -0.474. The minimum absolute atomic E-state index is 0.00766. The van der Waals surface area contributed by atoms with E-state index in [2.05, 4.69) is 20.6 Å². The Morgan fingerprint density at radius 2 is 2.03 bits per heavy atom. The van der Waals surface area contributed by atoms with Gasteiger partial charge in [-0.05, 0) is 42.8 Å². The average Bonchev–Trinajstić information content (AvgIpc) is 3.50. The zero-order valence-electron chi connectivity index (χ0n) is 19.6. The van der Waals surface area contributed by atoms with Gasteiger partial charge in [-0.25, -0.2) is 4.39 Å². The molecule has 2 N–H and O–H groups in total. The molecule has 5 rings (SSSR count). The molecule has 1 unspecified atom stereocenters. The lowest BCUT2D eigenvalue weighted by Gasteiger charge is -2.23. The van der Waals surface area contributed by atoms with E-state index < -0.39 is 12.2 Å². The van der Waals surface area contributed by atoms with Crippen LogP contribution < -0.4 is 10.6 Å². The van der Waals surface area contributed by atoms with E-state index >= 15 is 0 Å². The van der Waals surface area contributed by atoms with Crippen LogP contribution in [0.2, 0.25) is 0 Å². The smallest absolute Gasteiger partial charge is 0.257 e. The van der Waals surface area contributed by atoms with Gasteiger partial charge in [0.05, 0.1) is 42.1 Å². The maximum absolute atomic E-state index is 13.7. The Balaban J connectivity index is 1.26. The molecule has 3 aromatic rings. The first-order valence-corrected chi connectivity index (χ1v) is 11.9. The summed E-state index contributed by atoms with van der Waals surface area (Å²) in [6.07, 6.45) is 4.66. The summed E-state index contributed by atoms with van der Waals surface area (Å²) in [6, 6.07) is 12.3. The van der Waals surface area contributed by atoms with E-state index in [9.17, 15) is 19.2 Å². The van der Waals surface area contributed by atoms with Crippen LogP contribution in [0.1, 0.15) is 23.2 Å². The van der Waals surface area contributed by atoms with Gasteiger partial charge in [0.25, 0.3) is 5.91 Å². The number of anilines is 2. The topological polar surface area (TPSA) is 114 Å². The van der Waals surface area contributed by atoms with Gasteiger partial charge in [-0.1, -0.05) is 0 Å². The molecule has 9 nitrogen and oxygen atoms in total. The number of rotatable bonds is 6. The SMILES string of the molecule is N#CC1C[C@H](F)CN1C(=O)CN1CC[C@H](Nc2ccc(C(=O)Nc3cccnc3)c3ncccc23)C1. The van der Waals surface area contributed by atoms with Crippen molar-refractivity contribution in [1.82, 2.24) is 19.8 Å². The zero-order valence-corrected chi connectivity index (χ0v) is 19.6. The quantitative estimate of drug-likeness (QED) is 0.550. The molecule has 2 amide bonds. The number of pyridine rings is 2. The second-order valence-electron chi connectivity index (χ2n) is 9.15. The molecule has 0 spiro atoms. The standard InChI is InChI=1S/C26H26FN7O2/c27-17-11-20(12-28)34(14-17)24(35)16-33-10-7-19(15-33)31-23-6-5-22(25-21(23)4-2-9-30-25)26(36)32-18-3-1-8-29-13-18/h1-6,8-9,13,17,19-20,31H,7,10-11,14-16H2,(H,32,36)/t17-,19-,20?/m0/s1. The van der Waals surface area contributed by atoms with E-state index in [0.717, 1.165) is 24.0 Å². The normalized spacial score (nSPS) is 21.9. The van der Waals surface area contributed by atoms with Crippen molar-refractivity contribution in [2.45, 2.75) is 31.1 Å². The fraction of sp³-hybridized carbons (Fsp3) is 0.346. The first-order chi connectivity index (χ1) is 17.5. The number of alkyl halides is 1. The summed E-state index contributed by atoms with van der Waals surface area (Å²) in [6.45, 7) is 1.52. The fourth-order valence-electron chi connectivity index (χ4n) is 4.90. The highest BCUT2D eigenvalue weighted by Gasteiger charge is 2.36. The average molecular weight is 488 g/mol. The Kier molecular flexibility index (Phi) is 6.73. The molecule has 3 atom stereocenters. The molecule has 0 saturated carbocycles. The lowest BCUT2D eigenvalue weighted by atomic mass is 10.1. The number of carbonyl (C=O) groups is 2. The van der Waals surface area contributed by atoms with Gasteiger partial charge in [0, 0.05) is 49.0 Å². The number of nitriles is 1. The second kappa shape index (κ2) is 10.3. The lowest BCUT2D eigenvalue weighted by Crippen LogP contribution is -2.42. The van der Waals surface area contributed by atoms with Gasteiger partial charge < -0.3 is 15.5 Å². The Morgan fingerprint density at radius 3 is 2.83 bits per heavy atom. The van der Waals surface area contributed by atoms with Gasteiger partial charge in [-0.15, -0.1) is 0 Å². The van der Waals surface area contributed by atoms with E-state index in [1.165, 1.54) is 4.90 Å². The third-order valence-corrected chi connectivity index (χ3v) is 6.64. The van der Waals surface area contributed by atoms with Gasteiger partial charge >= 0.3 is 0 Å². The molecular weight excluding hydrogens is 461 g/mol. The fourth-order valence-corrected chi connectivity index (χ4v) is 4.90.